The van der Waals surface area contributed by atoms with E-state index in [-0.39, 0.29) is 0 Å². The fourth-order valence-corrected chi connectivity index (χ4v) is 1.64. The Hall–Kier alpha value is -1.68. The maximum absolute atomic E-state index is 6.03. The first-order valence-electron chi connectivity index (χ1n) is 5.28. The number of benzene rings is 1. The lowest BCUT2D eigenvalue weighted by Gasteiger charge is -2.18. The molecule has 0 atom stereocenters. The van der Waals surface area contributed by atoms with Gasteiger partial charge in [-0.15, -0.1) is 0 Å². The van der Waals surface area contributed by atoms with Gasteiger partial charge in [-0.25, -0.2) is 9.67 Å². The Morgan fingerprint density at radius 3 is 2.56 bits per heavy atom. The van der Waals surface area contributed by atoms with Crippen LogP contribution >= 0.6 is 0 Å². The molecule has 84 valence electrons. The van der Waals surface area contributed by atoms with Gasteiger partial charge in [-0.3, -0.25) is 0 Å². The van der Waals surface area contributed by atoms with Crippen LogP contribution in [0.5, 0.6) is 0 Å². The van der Waals surface area contributed by atoms with E-state index in [1.165, 1.54) is 5.56 Å². The highest BCUT2D eigenvalue weighted by Gasteiger charge is 2.20. The summed E-state index contributed by atoms with van der Waals surface area (Å²) in [6, 6.07) is 10.2. The maximum Gasteiger partial charge on any atom is 0.146 e. The zero-order chi connectivity index (χ0) is 11.6. The predicted molar refractivity (Wildman–Crippen MR) is 62.8 cm³/mol. The summed E-state index contributed by atoms with van der Waals surface area (Å²) in [6.07, 6.45) is 1.55. The molecule has 2 rings (SSSR count). The molecule has 0 saturated carbocycles. The quantitative estimate of drug-likeness (QED) is 0.846. The molecule has 0 saturated heterocycles. The van der Waals surface area contributed by atoms with Crippen molar-refractivity contribution in [2.75, 3.05) is 0 Å². The summed E-state index contributed by atoms with van der Waals surface area (Å²) in [5, 5.41) is 4.20. The van der Waals surface area contributed by atoms with Crippen LogP contribution in [0.3, 0.4) is 0 Å². The van der Waals surface area contributed by atoms with E-state index in [0.29, 0.717) is 6.54 Å². The second-order valence-corrected chi connectivity index (χ2v) is 4.45. The zero-order valence-electron chi connectivity index (χ0n) is 9.59. The standard InChI is InChI=1S/C12H16N4/c1-12(2,13)11-14-9-15-16(11)8-10-6-4-3-5-7-10/h3-7,9H,8,13H2,1-2H3. The van der Waals surface area contributed by atoms with Gasteiger partial charge in [0.15, 0.2) is 0 Å². The van der Waals surface area contributed by atoms with E-state index in [2.05, 4.69) is 22.2 Å². The second kappa shape index (κ2) is 4.06. The topological polar surface area (TPSA) is 56.7 Å². The molecule has 4 nitrogen and oxygen atoms in total. The Kier molecular flexibility index (Phi) is 2.75. The molecular weight excluding hydrogens is 200 g/mol. The van der Waals surface area contributed by atoms with Gasteiger partial charge in [0.1, 0.15) is 12.2 Å². The van der Waals surface area contributed by atoms with Crippen LogP contribution in [0.25, 0.3) is 0 Å². The van der Waals surface area contributed by atoms with E-state index in [4.69, 9.17) is 5.73 Å². The number of nitrogens with two attached hydrogens (primary N) is 1. The van der Waals surface area contributed by atoms with Gasteiger partial charge in [0.2, 0.25) is 0 Å². The van der Waals surface area contributed by atoms with Gasteiger partial charge in [0, 0.05) is 0 Å². The highest BCUT2D eigenvalue weighted by atomic mass is 15.3. The Balaban J connectivity index is 2.26. The summed E-state index contributed by atoms with van der Waals surface area (Å²) in [7, 11) is 0. The van der Waals surface area contributed by atoms with Gasteiger partial charge in [0.05, 0.1) is 12.1 Å². The molecular formula is C12H16N4. The Morgan fingerprint density at radius 2 is 1.94 bits per heavy atom. The van der Waals surface area contributed by atoms with Gasteiger partial charge < -0.3 is 5.73 Å². The monoisotopic (exact) mass is 216 g/mol. The summed E-state index contributed by atoms with van der Waals surface area (Å²) in [5.41, 5.74) is 6.76. The van der Waals surface area contributed by atoms with Crippen molar-refractivity contribution in [1.29, 1.82) is 0 Å². The number of hydrogen-bond donors (Lipinski definition) is 1. The van der Waals surface area contributed by atoms with Gasteiger partial charge in [-0.2, -0.15) is 5.10 Å². The SMILES string of the molecule is CC(C)(N)c1ncnn1Cc1ccccc1. The molecule has 16 heavy (non-hydrogen) atoms. The summed E-state index contributed by atoms with van der Waals surface area (Å²) in [5.74, 6) is 0.802. The fraction of sp³-hybridized carbons (Fsp3) is 0.333. The van der Waals surface area contributed by atoms with Crippen LogP contribution in [-0.2, 0) is 12.1 Å². The fourth-order valence-electron chi connectivity index (χ4n) is 1.64. The number of nitrogens with zero attached hydrogens (tertiary/aromatic N) is 3. The smallest absolute Gasteiger partial charge is 0.146 e. The molecule has 0 aliphatic heterocycles. The van der Waals surface area contributed by atoms with Crippen molar-refractivity contribution in [1.82, 2.24) is 14.8 Å². The van der Waals surface area contributed by atoms with Crippen molar-refractivity contribution in [2.24, 2.45) is 5.73 Å². The van der Waals surface area contributed by atoms with E-state index in [1.807, 2.05) is 36.7 Å². The molecule has 0 radical (unpaired) electrons. The van der Waals surface area contributed by atoms with E-state index < -0.39 is 5.54 Å². The third-order valence-electron chi connectivity index (χ3n) is 2.37. The largest absolute Gasteiger partial charge is 0.319 e. The van der Waals surface area contributed by atoms with Crippen LogP contribution < -0.4 is 5.73 Å². The molecule has 0 aliphatic carbocycles. The third kappa shape index (κ3) is 2.28. The number of hydrogen-bond acceptors (Lipinski definition) is 3. The summed E-state index contributed by atoms with van der Waals surface area (Å²) < 4.78 is 1.84. The van der Waals surface area contributed by atoms with Crippen LogP contribution in [0, 0.1) is 0 Å². The van der Waals surface area contributed by atoms with Crippen LogP contribution in [0.4, 0.5) is 0 Å². The molecule has 0 aliphatic rings. The first-order chi connectivity index (χ1) is 7.57. The minimum absolute atomic E-state index is 0.467. The number of rotatable bonds is 3. The van der Waals surface area contributed by atoms with Crippen LogP contribution in [0.2, 0.25) is 0 Å². The van der Waals surface area contributed by atoms with Crippen molar-refractivity contribution < 1.29 is 0 Å². The van der Waals surface area contributed by atoms with E-state index >= 15 is 0 Å². The van der Waals surface area contributed by atoms with Crippen molar-refractivity contribution in [3.63, 3.8) is 0 Å². The van der Waals surface area contributed by atoms with Crippen LogP contribution in [0.1, 0.15) is 25.2 Å². The van der Waals surface area contributed by atoms with E-state index in [0.717, 1.165) is 5.82 Å². The minimum Gasteiger partial charge on any atom is -0.319 e. The normalized spacial score (nSPS) is 11.7. The van der Waals surface area contributed by atoms with Gasteiger partial charge in [-0.05, 0) is 19.4 Å². The van der Waals surface area contributed by atoms with Crippen LogP contribution in [0.15, 0.2) is 36.7 Å². The predicted octanol–water partition coefficient (Wildman–Crippen LogP) is 1.52. The summed E-state index contributed by atoms with van der Waals surface area (Å²) >= 11 is 0. The molecule has 1 aromatic heterocycles. The van der Waals surface area contributed by atoms with Gasteiger partial charge >= 0.3 is 0 Å². The lowest BCUT2D eigenvalue weighted by molar-refractivity contribution is 0.468. The van der Waals surface area contributed by atoms with Gasteiger partial charge in [0.25, 0.3) is 0 Å². The van der Waals surface area contributed by atoms with Crippen LogP contribution in [-0.4, -0.2) is 14.8 Å². The zero-order valence-corrected chi connectivity index (χ0v) is 9.59. The molecule has 1 heterocycles. The average molecular weight is 216 g/mol. The highest BCUT2D eigenvalue weighted by molar-refractivity contribution is 5.15. The summed E-state index contributed by atoms with van der Waals surface area (Å²) in [6.45, 7) is 4.56. The lowest BCUT2D eigenvalue weighted by atomic mass is 10.1. The molecule has 0 amide bonds. The maximum atomic E-state index is 6.03. The number of aromatic nitrogens is 3. The second-order valence-electron chi connectivity index (χ2n) is 4.45. The molecule has 0 spiro atoms. The summed E-state index contributed by atoms with van der Waals surface area (Å²) in [4.78, 5) is 4.21. The molecule has 0 bridgehead atoms. The first kappa shape index (κ1) is 10.8. The lowest BCUT2D eigenvalue weighted by Crippen LogP contribution is -2.33. The molecule has 0 unspecified atom stereocenters. The molecule has 0 fully saturated rings. The highest BCUT2D eigenvalue weighted by Crippen LogP contribution is 2.14. The molecule has 2 N–H and O–H groups in total. The minimum atomic E-state index is -0.467. The molecule has 4 heteroatoms. The van der Waals surface area contributed by atoms with E-state index in [9.17, 15) is 0 Å². The molecule has 1 aromatic carbocycles. The molecule has 2 aromatic rings. The average Bonchev–Trinajstić information content (AvgIpc) is 2.67. The third-order valence-corrected chi connectivity index (χ3v) is 2.37. The van der Waals surface area contributed by atoms with Crippen molar-refractivity contribution in [3.05, 3.63) is 48.0 Å². The van der Waals surface area contributed by atoms with Crippen molar-refractivity contribution in [3.8, 4) is 0 Å². The Labute approximate surface area is 95.1 Å². The van der Waals surface area contributed by atoms with Gasteiger partial charge in [-0.1, -0.05) is 30.3 Å². The van der Waals surface area contributed by atoms with Crippen molar-refractivity contribution in [2.45, 2.75) is 25.9 Å². The van der Waals surface area contributed by atoms with E-state index in [1.54, 1.807) is 6.33 Å². The van der Waals surface area contributed by atoms with Crippen molar-refractivity contribution >= 4 is 0 Å². The Morgan fingerprint density at radius 1 is 1.25 bits per heavy atom. The Bertz CT molecular complexity index is 453. The first-order valence-corrected chi connectivity index (χ1v) is 5.28.